The van der Waals surface area contributed by atoms with Crippen molar-refractivity contribution in [2.24, 2.45) is 0 Å². The number of imidazole rings is 1. The molecule has 0 bridgehead atoms. The van der Waals surface area contributed by atoms with Gasteiger partial charge in [0.25, 0.3) is 5.56 Å². The van der Waals surface area contributed by atoms with E-state index in [0.717, 1.165) is 11.0 Å². The van der Waals surface area contributed by atoms with Crippen LogP contribution in [0.3, 0.4) is 0 Å². The number of aromatic amines is 1. The van der Waals surface area contributed by atoms with E-state index in [9.17, 15) is 4.79 Å². The Kier molecular flexibility index (Phi) is 3.88. The van der Waals surface area contributed by atoms with E-state index >= 15 is 0 Å². The third kappa shape index (κ3) is 1.90. The number of fused-ring (bicyclic) bond motifs is 3. The second-order valence-corrected chi connectivity index (χ2v) is 3.10. The van der Waals surface area contributed by atoms with Gasteiger partial charge in [0.05, 0.1) is 11.0 Å². The molecule has 16 heavy (non-hydrogen) atoms. The maximum atomic E-state index is 11.1. The number of nitrogens with zero attached hydrogens (tertiary/aromatic N) is 2. The number of hydrogen-bond acceptors (Lipinski definition) is 3. The van der Waals surface area contributed by atoms with Gasteiger partial charge in [0.2, 0.25) is 5.78 Å². The number of aromatic nitrogens is 3. The summed E-state index contributed by atoms with van der Waals surface area (Å²) in [5.74, 6) is 0.582. The summed E-state index contributed by atoms with van der Waals surface area (Å²) >= 11 is 0. The Labute approximate surface area is 113 Å². The summed E-state index contributed by atoms with van der Waals surface area (Å²) in [6.45, 7) is 0. The number of benzene rings is 1. The molecule has 0 spiro atoms. The molecule has 0 atom stereocenters. The molecular formula is C10H8N3NaO2. The van der Waals surface area contributed by atoms with E-state index in [4.69, 9.17) is 0 Å². The number of para-hydroxylation sites is 2. The van der Waals surface area contributed by atoms with Crippen LogP contribution in [-0.2, 0) is 0 Å². The average Bonchev–Trinajstić information content (AvgIpc) is 2.54. The molecule has 0 saturated carbocycles. The number of nitrogens with one attached hydrogen (secondary N) is 1. The minimum atomic E-state index is -0.132. The maximum Gasteiger partial charge on any atom is 1.00 e. The van der Waals surface area contributed by atoms with Crippen molar-refractivity contribution in [3.05, 3.63) is 46.9 Å². The summed E-state index contributed by atoms with van der Waals surface area (Å²) in [5.41, 5.74) is 1.75. The summed E-state index contributed by atoms with van der Waals surface area (Å²) in [6.07, 6.45) is 1.73. The van der Waals surface area contributed by atoms with Crippen molar-refractivity contribution in [3.8, 4) is 0 Å². The molecule has 0 radical (unpaired) electrons. The van der Waals surface area contributed by atoms with Crippen LogP contribution >= 0.6 is 0 Å². The Morgan fingerprint density at radius 2 is 1.94 bits per heavy atom. The van der Waals surface area contributed by atoms with Crippen LogP contribution in [0.1, 0.15) is 0 Å². The van der Waals surface area contributed by atoms with Crippen molar-refractivity contribution >= 4 is 16.8 Å². The first kappa shape index (κ1) is 12.9. The Bertz CT molecular complexity index is 674. The van der Waals surface area contributed by atoms with Crippen LogP contribution in [-0.4, -0.2) is 19.8 Å². The molecule has 0 aliphatic heterocycles. The summed E-state index contributed by atoms with van der Waals surface area (Å²) < 4.78 is 1.86. The molecule has 2 N–H and O–H groups in total. The quantitative estimate of drug-likeness (QED) is 0.449. The smallest absolute Gasteiger partial charge is 0.870 e. The predicted octanol–water partition coefficient (Wildman–Crippen LogP) is -2.00. The molecule has 6 heteroatoms. The Hall–Kier alpha value is -1.14. The van der Waals surface area contributed by atoms with E-state index in [1.54, 1.807) is 6.20 Å². The molecule has 0 aliphatic carbocycles. The third-order valence-electron chi connectivity index (χ3n) is 2.21. The summed E-state index contributed by atoms with van der Waals surface area (Å²) in [6, 6.07) is 9.24. The van der Waals surface area contributed by atoms with Gasteiger partial charge in [-0.3, -0.25) is 14.2 Å². The molecule has 2 heterocycles. The third-order valence-corrected chi connectivity index (χ3v) is 2.21. The van der Waals surface area contributed by atoms with Crippen molar-refractivity contribution in [2.75, 3.05) is 0 Å². The Morgan fingerprint density at radius 1 is 1.19 bits per heavy atom. The topological polar surface area (TPSA) is 80.2 Å². The normalized spacial score (nSPS) is 9.75. The molecule has 3 rings (SSSR count). The van der Waals surface area contributed by atoms with Gasteiger partial charge in [-0.15, -0.1) is 0 Å². The van der Waals surface area contributed by atoms with Gasteiger partial charge in [0.1, 0.15) is 0 Å². The fraction of sp³-hybridized carbons (Fsp3) is 0. The largest absolute Gasteiger partial charge is 1.00 e. The molecule has 1 aromatic carbocycles. The zero-order chi connectivity index (χ0) is 9.54. The van der Waals surface area contributed by atoms with Crippen LogP contribution in [0.15, 0.2) is 41.3 Å². The van der Waals surface area contributed by atoms with Crippen LogP contribution in [0.4, 0.5) is 0 Å². The molecule has 0 unspecified atom stereocenters. The van der Waals surface area contributed by atoms with Crippen molar-refractivity contribution in [1.82, 2.24) is 14.4 Å². The molecular weight excluding hydrogens is 217 g/mol. The van der Waals surface area contributed by atoms with Gasteiger partial charge in [0, 0.05) is 12.3 Å². The monoisotopic (exact) mass is 225 g/mol. The van der Waals surface area contributed by atoms with Gasteiger partial charge in [-0.05, 0) is 12.1 Å². The first-order valence-corrected chi connectivity index (χ1v) is 4.31. The van der Waals surface area contributed by atoms with Crippen LogP contribution in [0.5, 0.6) is 0 Å². The first-order chi connectivity index (χ1) is 6.84. The van der Waals surface area contributed by atoms with Crippen LogP contribution in [0.2, 0.25) is 0 Å². The summed E-state index contributed by atoms with van der Waals surface area (Å²) in [5, 5.41) is 0. The van der Waals surface area contributed by atoms with Crippen LogP contribution in [0, 0.1) is 0 Å². The molecule has 0 amide bonds. The van der Waals surface area contributed by atoms with Crippen molar-refractivity contribution in [2.45, 2.75) is 0 Å². The van der Waals surface area contributed by atoms with Crippen molar-refractivity contribution < 1.29 is 35.0 Å². The van der Waals surface area contributed by atoms with Crippen LogP contribution in [0.25, 0.3) is 16.8 Å². The van der Waals surface area contributed by atoms with E-state index in [-0.39, 0.29) is 40.6 Å². The zero-order valence-corrected chi connectivity index (χ0v) is 10.7. The van der Waals surface area contributed by atoms with Gasteiger partial charge in [-0.1, -0.05) is 12.1 Å². The first-order valence-electron chi connectivity index (χ1n) is 4.31. The number of H-pyrrole nitrogens is 1. The predicted molar refractivity (Wildman–Crippen MR) is 55.3 cm³/mol. The van der Waals surface area contributed by atoms with E-state index in [1.165, 1.54) is 6.07 Å². The van der Waals surface area contributed by atoms with Crippen LogP contribution < -0.4 is 35.1 Å². The van der Waals surface area contributed by atoms with Gasteiger partial charge in [-0.25, -0.2) is 4.98 Å². The average molecular weight is 225 g/mol. The maximum absolute atomic E-state index is 11.1. The minimum absolute atomic E-state index is 0. The Morgan fingerprint density at radius 3 is 2.75 bits per heavy atom. The summed E-state index contributed by atoms with van der Waals surface area (Å²) in [7, 11) is 0. The second kappa shape index (κ2) is 4.80. The van der Waals surface area contributed by atoms with E-state index in [1.807, 2.05) is 28.7 Å². The van der Waals surface area contributed by atoms with Gasteiger partial charge >= 0.3 is 29.6 Å². The standard InChI is InChI=1S/C10H7N3O.Na.H2O/c14-9-5-6-13-8-4-2-1-3-7(8)11-10(13)12-9;;/h1-6H,(H,11,12,14);;1H2/q;+1;/p-1. The van der Waals surface area contributed by atoms with Gasteiger partial charge in [0.15, 0.2) is 0 Å². The SMILES string of the molecule is O=c1ccn2c(nc3ccccc32)[nH]1.[Na+].[OH-]. The van der Waals surface area contributed by atoms with Crippen molar-refractivity contribution in [3.63, 3.8) is 0 Å². The number of rotatable bonds is 0. The summed E-state index contributed by atoms with van der Waals surface area (Å²) in [4.78, 5) is 18.0. The molecule has 0 aliphatic rings. The molecule has 3 aromatic rings. The Balaban J connectivity index is 0.000000640. The molecule has 0 fully saturated rings. The molecule has 76 valence electrons. The molecule has 2 aromatic heterocycles. The van der Waals surface area contributed by atoms with E-state index in [0.29, 0.717) is 5.78 Å². The van der Waals surface area contributed by atoms with E-state index < -0.39 is 0 Å². The zero-order valence-electron chi connectivity index (χ0n) is 8.71. The minimum Gasteiger partial charge on any atom is -0.870 e. The van der Waals surface area contributed by atoms with Gasteiger partial charge < -0.3 is 5.48 Å². The molecule has 0 saturated heterocycles. The molecule has 5 nitrogen and oxygen atoms in total. The van der Waals surface area contributed by atoms with E-state index in [2.05, 4.69) is 9.97 Å². The fourth-order valence-corrected chi connectivity index (χ4v) is 1.58. The van der Waals surface area contributed by atoms with Crippen molar-refractivity contribution in [1.29, 1.82) is 0 Å². The van der Waals surface area contributed by atoms with Gasteiger partial charge in [-0.2, -0.15) is 0 Å². The second-order valence-electron chi connectivity index (χ2n) is 3.10. The number of hydrogen-bond donors (Lipinski definition) is 1. The fourth-order valence-electron chi connectivity index (χ4n) is 1.58.